The van der Waals surface area contributed by atoms with E-state index in [2.05, 4.69) is 15.9 Å². The summed E-state index contributed by atoms with van der Waals surface area (Å²) in [6, 6.07) is 12.8. The first-order chi connectivity index (χ1) is 9.56. The van der Waals surface area contributed by atoms with Crippen molar-refractivity contribution >= 4 is 44.3 Å². The van der Waals surface area contributed by atoms with Crippen LogP contribution in [0.25, 0.3) is 11.0 Å². The van der Waals surface area contributed by atoms with Crippen LogP contribution in [0.4, 0.5) is 0 Å². The molecule has 0 unspecified atom stereocenters. The Morgan fingerprint density at radius 1 is 1.20 bits per heavy atom. The van der Waals surface area contributed by atoms with E-state index in [9.17, 15) is 4.79 Å². The number of carbonyl (C=O) groups is 1. The maximum Gasteiger partial charge on any atom is 0.229 e. The molecule has 2 aromatic carbocycles. The van der Waals surface area contributed by atoms with Crippen molar-refractivity contribution in [2.24, 2.45) is 0 Å². The van der Waals surface area contributed by atoms with Crippen LogP contribution in [0.1, 0.15) is 21.7 Å². The number of hydrogen-bond acceptors (Lipinski definition) is 2. The van der Waals surface area contributed by atoms with Gasteiger partial charge in [0.1, 0.15) is 0 Å². The molecular weight excluding hydrogens is 340 g/mol. The molecule has 0 amide bonds. The Morgan fingerprint density at radius 2 is 2.00 bits per heavy atom. The standard InChI is InChI=1S/C16H10BrClO2/c1-9-5-6-12(17)11(7-9)15(19)14-8-10-3-2-4-13(18)16(10)20-14/h2-8H,1H3. The van der Waals surface area contributed by atoms with Crippen molar-refractivity contribution < 1.29 is 9.21 Å². The lowest BCUT2D eigenvalue weighted by Crippen LogP contribution is -2.01. The predicted molar refractivity (Wildman–Crippen MR) is 83.5 cm³/mol. The number of benzene rings is 2. The minimum atomic E-state index is -0.159. The van der Waals surface area contributed by atoms with Crippen LogP contribution < -0.4 is 0 Å². The van der Waals surface area contributed by atoms with Gasteiger partial charge in [0.05, 0.1) is 5.02 Å². The monoisotopic (exact) mass is 348 g/mol. The van der Waals surface area contributed by atoms with E-state index in [1.54, 1.807) is 12.1 Å². The van der Waals surface area contributed by atoms with Gasteiger partial charge in [-0.15, -0.1) is 0 Å². The van der Waals surface area contributed by atoms with Crippen molar-refractivity contribution in [2.75, 3.05) is 0 Å². The minimum Gasteiger partial charge on any atom is -0.451 e. The maximum absolute atomic E-state index is 12.5. The molecule has 0 bridgehead atoms. The molecule has 3 rings (SSSR count). The second-order valence-electron chi connectivity index (χ2n) is 4.58. The molecule has 0 fully saturated rings. The number of ketones is 1. The lowest BCUT2D eigenvalue weighted by Gasteiger charge is -2.02. The van der Waals surface area contributed by atoms with Gasteiger partial charge in [0.2, 0.25) is 5.78 Å². The van der Waals surface area contributed by atoms with Gasteiger partial charge in [-0.2, -0.15) is 0 Å². The summed E-state index contributed by atoms with van der Waals surface area (Å²) >= 11 is 9.46. The van der Waals surface area contributed by atoms with Gasteiger partial charge < -0.3 is 4.42 Å². The van der Waals surface area contributed by atoms with Crippen molar-refractivity contribution in [3.8, 4) is 0 Å². The molecule has 2 nitrogen and oxygen atoms in total. The topological polar surface area (TPSA) is 30.2 Å². The third kappa shape index (κ3) is 2.28. The third-order valence-electron chi connectivity index (χ3n) is 3.09. The summed E-state index contributed by atoms with van der Waals surface area (Å²) in [5.74, 6) is 0.132. The fourth-order valence-electron chi connectivity index (χ4n) is 2.09. The number of rotatable bonds is 2. The molecule has 20 heavy (non-hydrogen) atoms. The van der Waals surface area contributed by atoms with Crippen LogP contribution in [0.2, 0.25) is 5.02 Å². The largest absolute Gasteiger partial charge is 0.451 e. The van der Waals surface area contributed by atoms with Gasteiger partial charge in [0.15, 0.2) is 11.3 Å². The highest BCUT2D eigenvalue weighted by Crippen LogP contribution is 2.29. The van der Waals surface area contributed by atoms with Crippen molar-refractivity contribution in [3.05, 3.63) is 68.8 Å². The first-order valence-electron chi connectivity index (χ1n) is 6.05. The van der Waals surface area contributed by atoms with Gasteiger partial charge in [-0.05, 0) is 31.2 Å². The number of hydrogen-bond donors (Lipinski definition) is 0. The average Bonchev–Trinajstić information content (AvgIpc) is 2.86. The highest BCUT2D eigenvalue weighted by Gasteiger charge is 2.18. The van der Waals surface area contributed by atoms with Gasteiger partial charge in [-0.1, -0.05) is 51.3 Å². The summed E-state index contributed by atoms with van der Waals surface area (Å²) in [4.78, 5) is 12.5. The number of halogens is 2. The van der Waals surface area contributed by atoms with Crippen LogP contribution in [0.15, 0.2) is 51.4 Å². The molecule has 0 spiro atoms. The second kappa shape index (κ2) is 5.08. The molecule has 3 aromatic rings. The zero-order valence-electron chi connectivity index (χ0n) is 10.6. The Morgan fingerprint density at radius 3 is 2.75 bits per heavy atom. The van der Waals surface area contributed by atoms with E-state index in [0.29, 0.717) is 21.9 Å². The van der Waals surface area contributed by atoms with Gasteiger partial charge >= 0.3 is 0 Å². The van der Waals surface area contributed by atoms with Crippen LogP contribution in [0.5, 0.6) is 0 Å². The molecule has 0 radical (unpaired) electrons. The van der Waals surface area contributed by atoms with Crippen molar-refractivity contribution in [3.63, 3.8) is 0 Å². The highest BCUT2D eigenvalue weighted by molar-refractivity contribution is 9.10. The maximum atomic E-state index is 12.5. The number of fused-ring (bicyclic) bond motifs is 1. The smallest absolute Gasteiger partial charge is 0.229 e. The molecule has 100 valence electrons. The van der Waals surface area contributed by atoms with Gasteiger partial charge in [0.25, 0.3) is 0 Å². The van der Waals surface area contributed by atoms with E-state index in [1.165, 1.54) is 0 Å². The molecule has 0 aliphatic heterocycles. The molecule has 1 heterocycles. The summed E-state index contributed by atoms with van der Waals surface area (Å²) in [5.41, 5.74) is 2.15. The molecule has 0 aliphatic carbocycles. The zero-order chi connectivity index (χ0) is 14.3. The normalized spacial score (nSPS) is 10.9. The number of aryl methyl sites for hydroxylation is 1. The lowest BCUT2D eigenvalue weighted by atomic mass is 10.1. The third-order valence-corrected chi connectivity index (χ3v) is 4.08. The summed E-state index contributed by atoms with van der Waals surface area (Å²) in [6.45, 7) is 1.94. The summed E-state index contributed by atoms with van der Waals surface area (Å²) < 4.78 is 6.36. The molecule has 0 aliphatic rings. The Hall–Kier alpha value is -1.58. The first kappa shape index (κ1) is 13.4. The molecule has 4 heteroatoms. The van der Waals surface area contributed by atoms with Crippen LogP contribution >= 0.6 is 27.5 Å². The van der Waals surface area contributed by atoms with Crippen LogP contribution in [0, 0.1) is 6.92 Å². The van der Waals surface area contributed by atoms with E-state index >= 15 is 0 Å². The summed E-state index contributed by atoms with van der Waals surface area (Å²) in [6.07, 6.45) is 0. The van der Waals surface area contributed by atoms with E-state index in [4.69, 9.17) is 16.0 Å². The van der Waals surface area contributed by atoms with E-state index in [0.717, 1.165) is 15.4 Å². The first-order valence-corrected chi connectivity index (χ1v) is 7.22. The Labute approximate surface area is 129 Å². The number of furan rings is 1. The predicted octanol–water partition coefficient (Wildman–Crippen LogP) is 5.39. The van der Waals surface area contributed by atoms with Crippen molar-refractivity contribution in [1.82, 2.24) is 0 Å². The fraction of sp³-hybridized carbons (Fsp3) is 0.0625. The molecular formula is C16H10BrClO2. The SMILES string of the molecule is Cc1ccc(Br)c(C(=O)c2cc3cccc(Cl)c3o2)c1. The summed E-state index contributed by atoms with van der Waals surface area (Å²) in [5, 5.41) is 1.33. The van der Waals surface area contributed by atoms with E-state index < -0.39 is 0 Å². The van der Waals surface area contributed by atoms with Crippen molar-refractivity contribution in [2.45, 2.75) is 6.92 Å². The molecule has 1 aromatic heterocycles. The second-order valence-corrected chi connectivity index (χ2v) is 5.84. The molecule has 0 saturated carbocycles. The van der Waals surface area contributed by atoms with Crippen LogP contribution in [-0.4, -0.2) is 5.78 Å². The average molecular weight is 350 g/mol. The molecule has 0 saturated heterocycles. The van der Waals surface area contributed by atoms with Crippen LogP contribution in [-0.2, 0) is 0 Å². The van der Waals surface area contributed by atoms with Gasteiger partial charge in [-0.25, -0.2) is 0 Å². The summed E-state index contributed by atoms with van der Waals surface area (Å²) in [7, 11) is 0. The molecule has 0 atom stereocenters. The highest BCUT2D eigenvalue weighted by atomic mass is 79.9. The Balaban J connectivity index is 2.13. The lowest BCUT2D eigenvalue weighted by molar-refractivity contribution is 0.101. The van der Waals surface area contributed by atoms with E-state index in [-0.39, 0.29) is 5.78 Å². The number of carbonyl (C=O) groups excluding carboxylic acids is 1. The van der Waals surface area contributed by atoms with Crippen LogP contribution in [0.3, 0.4) is 0 Å². The van der Waals surface area contributed by atoms with E-state index in [1.807, 2.05) is 37.3 Å². The Kier molecular flexibility index (Phi) is 3.40. The molecule has 0 N–H and O–H groups in total. The van der Waals surface area contributed by atoms with Gasteiger partial charge in [0, 0.05) is 15.4 Å². The van der Waals surface area contributed by atoms with Crippen molar-refractivity contribution in [1.29, 1.82) is 0 Å². The fourth-order valence-corrected chi connectivity index (χ4v) is 2.73. The Bertz CT molecular complexity index is 820. The number of para-hydroxylation sites is 1. The minimum absolute atomic E-state index is 0.159. The quantitative estimate of drug-likeness (QED) is 0.581. The zero-order valence-corrected chi connectivity index (χ0v) is 13.0. The van der Waals surface area contributed by atoms with Gasteiger partial charge in [-0.3, -0.25) is 4.79 Å².